The van der Waals surface area contributed by atoms with Crippen LogP contribution in [0.25, 0.3) is 43.2 Å². The molecule has 22 heteroatoms. The number of fused-ring (bicyclic) bond motifs is 4. The number of unbranched alkanes of at least 4 members (excludes halogenated alkanes) is 2. The first-order valence-corrected chi connectivity index (χ1v) is 33.7. The molecule has 4 fully saturated rings. The van der Waals surface area contributed by atoms with Crippen LogP contribution in [0, 0.1) is 49.4 Å². The zero-order chi connectivity index (χ0) is 65.4. The van der Waals surface area contributed by atoms with Crippen molar-refractivity contribution in [2.75, 3.05) is 54.6 Å². The molecule has 0 spiro atoms. The normalized spacial score (nSPS) is 25.3. The summed E-state index contributed by atoms with van der Waals surface area (Å²) in [5.74, 6) is -2.02. The fraction of sp³-hybridized carbons (Fsp3) is 0.486. The number of hydrogen-bond donors (Lipinski definition) is 2. The zero-order valence-electron chi connectivity index (χ0n) is 53.8. The second-order valence-electron chi connectivity index (χ2n) is 24.6. The van der Waals surface area contributed by atoms with Crippen LogP contribution in [0.3, 0.4) is 0 Å². The highest BCUT2D eigenvalue weighted by Crippen LogP contribution is 2.49. The van der Waals surface area contributed by atoms with Gasteiger partial charge in [0.05, 0.1) is 62.1 Å². The molecule has 2 aromatic carbocycles. The van der Waals surface area contributed by atoms with Crippen LogP contribution in [0.2, 0.25) is 0 Å². The average molecular weight is 1290 g/mol. The first-order valence-electron chi connectivity index (χ1n) is 31.9. The maximum absolute atomic E-state index is 14.0. The summed E-state index contributed by atoms with van der Waals surface area (Å²) in [7, 11) is 6.83. The molecule has 5 aliphatic rings. The number of aryl methyl sites for hydroxylation is 2. The third-order valence-electron chi connectivity index (χ3n) is 18.6. The molecule has 0 bridgehead atoms. The van der Waals surface area contributed by atoms with Gasteiger partial charge in [0.1, 0.15) is 67.7 Å². The Kier molecular flexibility index (Phi) is 21.1. The molecule has 0 unspecified atom stereocenters. The highest BCUT2D eigenvalue weighted by molar-refractivity contribution is 7.13. The van der Waals surface area contributed by atoms with Gasteiger partial charge in [-0.15, -0.1) is 35.8 Å². The molecule has 4 aromatic heterocycles. The topological polar surface area (TPSA) is 240 Å². The van der Waals surface area contributed by atoms with Crippen LogP contribution in [0.4, 0.5) is 0 Å². The molecule has 10 atom stereocenters. The van der Waals surface area contributed by atoms with Crippen molar-refractivity contribution in [1.29, 1.82) is 0 Å². The largest absolute Gasteiger partial charge is 0.496 e. The van der Waals surface area contributed by atoms with Gasteiger partial charge in [0.2, 0.25) is 23.6 Å². The van der Waals surface area contributed by atoms with Crippen molar-refractivity contribution in [1.82, 2.24) is 40.4 Å². The van der Waals surface area contributed by atoms with Crippen LogP contribution in [0.5, 0.6) is 23.0 Å². The van der Waals surface area contributed by atoms with E-state index in [0.29, 0.717) is 80.3 Å². The summed E-state index contributed by atoms with van der Waals surface area (Å²) in [5, 5.41) is 13.0. The number of nitrogens with one attached hydrogen (secondary N) is 2. The van der Waals surface area contributed by atoms with Gasteiger partial charge >= 0.3 is 11.9 Å². The lowest BCUT2D eigenvalue weighted by atomic mass is 9.93. The summed E-state index contributed by atoms with van der Waals surface area (Å²) in [6.07, 6.45) is 17.8. The molecule has 4 aliphatic carbocycles. The van der Waals surface area contributed by atoms with Crippen molar-refractivity contribution in [3.8, 4) is 44.4 Å². The van der Waals surface area contributed by atoms with E-state index in [1.54, 1.807) is 70.4 Å². The first-order chi connectivity index (χ1) is 44.4. The fourth-order valence-electron chi connectivity index (χ4n) is 13.4. The number of thiazole rings is 2. The quantitative estimate of drug-likeness (QED) is 0.0387. The molecule has 4 amide bonds. The van der Waals surface area contributed by atoms with E-state index in [1.165, 1.54) is 22.7 Å². The van der Waals surface area contributed by atoms with Gasteiger partial charge in [-0.05, 0) is 129 Å². The Balaban J connectivity index is 0.000000202. The molecule has 488 valence electrons. The minimum atomic E-state index is -1.15. The summed E-state index contributed by atoms with van der Waals surface area (Å²) < 4.78 is 35.3. The van der Waals surface area contributed by atoms with Gasteiger partial charge in [-0.1, -0.05) is 24.3 Å². The number of rotatable bonds is 21. The Morgan fingerprint density at radius 2 is 1.36 bits per heavy atom. The van der Waals surface area contributed by atoms with Gasteiger partial charge in [0.15, 0.2) is 0 Å². The van der Waals surface area contributed by atoms with E-state index < -0.39 is 58.9 Å². The van der Waals surface area contributed by atoms with Gasteiger partial charge in [-0.2, -0.15) is 0 Å². The summed E-state index contributed by atoms with van der Waals surface area (Å²) in [5.41, 5.74) is 2.32. The number of carbonyl (C=O) groups is 6. The third kappa shape index (κ3) is 14.1. The van der Waals surface area contributed by atoms with E-state index in [-0.39, 0.29) is 48.7 Å². The predicted octanol–water partition coefficient (Wildman–Crippen LogP) is 11.0. The molecule has 20 nitrogen and oxygen atoms in total. The van der Waals surface area contributed by atoms with Gasteiger partial charge < -0.3 is 48.9 Å². The minimum Gasteiger partial charge on any atom is -0.496 e. The molecule has 11 rings (SSSR count). The number of nitrogens with zero attached hydrogens (tertiary/aromatic N) is 6. The van der Waals surface area contributed by atoms with E-state index in [2.05, 4.69) is 39.8 Å². The van der Waals surface area contributed by atoms with E-state index in [1.807, 2.05) is 73.2 Å². The molecule has 0 saturated heterocycles. The molecule has 0 radical (unpaired) electrons. The Labute approximate surface area is 545 Å². The number of carbonyl (C=O) groups excluding carboxylic acids is 6. The minimum absolute atomic E-state index is 0.0741. The molecular formula is C70H84N8O12S2. The number of allylic oxidation sites excluding steroid dienone is 2. The second kappa shape index (κ2) is 29.2. The summed E-state index contributed by atoms with van der Waals surface area (Å²) in [6.45, 7) is 16.6. The van der Waals surface area contributed by atoms with E-state index in [0.717, 1.165) is 87.2 Å². The van der Waals surface area contributed by atoms with E-state index in [4.69, 9.17) is 38.4 Å². The van der Waals surface area contributed by atoms with Crippen LogP contribution in [-0.4, -0.2) is 143 Å². The number of ether oxygens (including phenoxy) is 6. The summed E-state index contributed by atoms with van der Waals surface area (Å²) >= 11 is 2.97. The van der Waals surface area contributed by atoms with Gasteiger partial charge in [-0.25, -0.2) is 29.5 Å². The fourth-order valence-corrected chi connectivity index (χ4v) is 14.6. The number of esters is 2. The number of methoxy groups -OCH3 is 2. The Morgan fingerprint density at radius 1 is 0.772 bits per heavy atom. The summed E-state index contributed by atoms with van der Waals surface area (Å²) in [6, 6.07) is 11.4. The van der Waals surface area contributed by atoms with Crippen LogP contribution >= 0.6 is 22.7 Å². The van der Waals surface area contributed by atoms with Crippen LogP contribution in [0.1, 0.15) is 102 Å². The highest BCUT2D eigenvalue weighted by Gasteiger charge is 2.63. The molecular weight excluding hydrogens is 1210 g/mol. The van der Waals surface area contributed by atoms with Crippen LogP contribution in [-0.2, 0) is 38.2 Å². The zero-order valence-corrected chi connectivity index (χ0v) is 55.5. The number of pyridine rings is 2. The standard InChI is InChI=1S/C36H44N4O6S.C34H40N4O6S/c1-7-10-11-12-16-40(5)34(42)27-19-24(18-26(27)32(41)39-36(21-23(36)8-2)35(43)45-9-3)46-30-20-28(33-37-15-17-47-33)38-31-22(4)29(44-6)14-13-25(30)31;1-5-43-33(41)34-19-21(34)10-8-6-7-9-14-38(3)32(40)25-17-22(16-24(25)30(39)37-34)44-28-18-26(31-35-13-15-45-31)36-29-20(2)27(42-4)12-11-23(28)29/h7-8,13-15,17,20,23-24,26-27H,1-2,9-12,16,18-19,21H2,3-6H3,(H,39,41);8,10-13,15,18,21-22,24-25H,5-7,9,14,16-17,19H2,1-4H3,(H,37,39)/b;10-8-/t23-,24-,26-,27-,36-;21-,22-,24-,25-,34-/m11/s1. The molecule has 92 heavy (non-hydrogen) atoms. The Bertz CT molecular complexity index is 3750. The SMILES string of the molecule is C=CCCCCN(C)C(=O)[C@@H]1C[C@H](Oc2cc(-c3nccs3)nc3c(C)c(OC)ccc23)C[C@H]1C(=O)N[C@]1(C(=O)OCC)C[C@H]1C=C.CCOC(=O)[C@@]12C[C@H]1/C=C\CCCCN(C)C(=O)[C@@H]1C[C@H](Oc3cc(-c4nccs4)nc4c(C)c(OC)ccc34)C[C@H]1C(=O)N2. The number of aromatic nitrogens is 4. The molecule has 5 heterocycles. The smallest absolute Gasteiger partial charge is 0.332 e. The number of benzene rings is 2. The Morgan fingerprint density at radius 3 is 1.91 bits per heavy atom. The maximum Gasteiger partial charge on any atom is 0.332 e. The third-order valence-corrected chi connectivity index (χ3v) is 20.2. The molecule has 6 aromatic rings. The molecule has 1 aliphatic heterocycles. The van der Waals surface area contributed by atoms with E-state index in [9.17, 15) is 28.8 Å². The monoisotopic (exact) mass is 1290 g/mol. The van der Waals surface area contributed by atoms with Crippen LogP contribution in [0.15, 0.2) is 97.0 Å². The van der Waals surface area contributed by atoms with Gasteiger partial charge in [0.25, 0.3) is 0 Å². The predicted molar refractivity (Wildman–Crippen MR) is 353 cm³/mol. The van der Waals surface area contributed by atoms with Gasteiger partial charge in [-0.3, -0.25) is 19.2 Å². The average Bonchev–Trinajstić information content (AvgIpc) is 1.56. The van der Waals surface area contributed by atoms with Crippen LogP contribution < -0.4 is 29.6 Å². The lowest BCUT2D eigenvalue weighted by molar-refractivity contribution is -0.150. The number of amides is 4. The van der Waals surface area contributed by atoms with E-state index >= 15 is 0 Å². The molecule has 2 N–H and O–H groups in total. The lowest BCUT2D eigenvalue weighted by Crippen LogP contribution is -2.50. The highest BCUT2D eigenvalue weighted by atomic mass is 32.1. The van der Waals surface area contributed by atoms with Gasteiger partial charge in [0, 0.05) is 96.2 Å². The van der Waals surface area contributed by atoms with Crippen molar-refractivity contribution < 1.29 is 57.2 Å². The van der Waals surface area contributed by atoms with Crippen molar-refractivity contribution in [2.24, 2.45) is 35.5 Å². The maximum atomic E-state index is 14.0. The first kappa shape index (κ1) is 66.7. The van der Waals surface area contributed by atoms with Crippen molar-refractivity contribution in [3.63, 3.8) is 0 Å². The summed E-state index contributed by atoms with van der Waals surface area (Å²) in [4.78, 5) is 104. The van der Waals surface area contributed by atoms with Crippen molar-refractivity contribution >= 4 is 80.0 Å². The number of hydrogen-bond acceptors (Lipinski definition) is 18. The lowest BCUT2D eigenvalue weighted by Gasteiger charge is -2.26. The second-order valence-corrected chi connectivity index (χ2v) is 26.3. The Hall–Kier alpha value is -8.24. The van der Waals surface area contributed by atoms with Crippen molar-refractivity contribution in [2.45, 2.75) is 128 Å². The molecule has 4 saturated carbocycles. The van der Waals surface area contributed by atoms with Crippen molar-refractivity contribution in [3.05, 3.63) is 108 Å².